The smallest absolute Gasteiger partial charge is 0.298 e. The van der Waals surface area contributed by atoms with Crippen LogP contribution < -0.4 is 4.90 Å². The number of oxazole rings is 1. The molecule has 2 aromatic heterocycles. The van der Waals surface area contributed by atoms with Crippen molar-refractivity contribution >= 4 is 23.0 Å². The molecule has 0 radical (unpaired) electrons. The molecule has 24 heavy (non-hydrogen) atoms. The summed E-state index contributed by atoms with van der Waals surface area (Å²) < 4.78 is 5.80. The number of benzene rings is 1. The number of hydrogen-bond donors (Lipinski definition) is 0. The molecular weight excluding hydrogens is 304 g/mol. The second-order valence-corrected chi connectivity index (χ2v) is 5.83. The largest absolute Gasteiger partial charge is 0.423 e. The number of anilines is 1. The lowest BCUT2D eigenvalue weighted by Crippen LogP contribution is -2.49. The number of amides is 1. The van der Waals surface area contributed by atoms with E-state index in [4.69, 9.17) is 4.42 Å². The maximum atomic E-state index is 12.4. The summed E-state index contributed by atoms with van der Waals surface area (Å²) in [5, 5.41) is 0. The van der Waals surface area contributed by atoms with E-state index in [-0.39, 0.29) is 5.91 Å². The highest BCUT2D eigenvalue weighted by Gasteiger charge is 2.24. The Labute approximate surface area is 139 Å². The molecule has 1 amide bonds. The minimum absolute atomic E-state index is 0.117. The van der Waals surface area contributed by atoms with Gasteiger partial charge in [0.15, 0.2) is 5.58 Å². The van der Waals surface area contributed by atoms with Crippen LogP contribution in [0.2, 0.25) is 0 Å². The fourth-order valence-corrected chi connectivity index (χ4v) is 2.91. The first-order valence-electron chi connectivity index (χ1n) is 8.08. The molecule has 122 valence electrons. The van der Waals surface area contributed by atoms with Gasteiger partial charge < -0.3 is 14.2 Å². The summed E-state index contributed by atoms with van der Waals surface area (Å²) in [6.07, 6.45) is 2.07. The first kappa shape index (κ1) is 14.7. The average Bonchev–Trinajstić information content (AvgIpc) is 3.07. The zero-order valence-corrected chi connectivity index (χ0v) is 13.3. The van der Waals surface area contributed by atoms with E-state index in [2.05, 4.69) is 14.9 Å². The van der Waals surface area contributed by atoms with Crippen LogP contribution >= 0.6 is 0 Å². The van der Waals surface area contributed by atoms with Crippen molar-refractivity contribution in [2.24, 2.45) is 0 Å². The molecule has 6 nitrogen and oxygen atoms in total. The van der Waals surface area contributed by atoms with Crippen LogP contribution in [-0.2, 0) is 11.2 Å². The summed E-state index contributed by atoms with van der Waals surface area (Å²) in [5.41, 5.74) is 2.46. The number of pyridine rings is 1. The predicted molar refractivity (Wildman–Crippen MR) is 90.7 cm³/mol. The maximum Gasteiger partial charge on any atom is 0.298 e. The van der Waals surface area contributed by atoms with Gasteiger partial charge in [-0.15, -0.1) is 0 Å². The van der Waals surface area contributed by atoms with E-state index in [1.165, 1.54) is 0 Å². The Balaban J connectivity index is 1.38. The lowest BCUT2D eigenvalue weighted by molar-refractivity contribution is -0.130. The molecule has 0 saturated carbocycles. The predicted octanol–water partition coefficient (Wildman–Crippen LogP) is 2.11. The molecule has 3 aromatic rings. The van der Waals surface area contributed by atoms with Crippen molar-refractivity contribution in [3.8, 4) is 0 Å². The molecule has 0 bridgehead atoms. The van der Waals surface area contributed by atoms with E-state index in [1.54, 1.807) is 6.20 Å². The second-order valence-electron chi connectivity index (χ2n) is 5.83. The zero-order chi connectivity index (χ0) is 16.4. The Kier molecular flexibility index (Phi) is 3.86. The minimum Gasteiger partial charge on any atom is -0.423 e. The SMILES string of the molecule is O=C(Cc1ccccn1)N1CCN(c2nc3ccccc3o2)CC1. The normalized spacial score (nSPS) is 15.0. The van der Waals surface area contributed by atoms with Gasteiger partial charge in [-0.25, -0.2) is 0 Å². The van der Waals surface area contributed by atoms with E-state index in [0.29, 0.717) is 25.5 Å². The minimum atomic E-state index is 0.117. The van der Waals surface area contributed by atoms with Gasteiger partial charge >= 0.3 is 0 Å². The quantitative estimate of drug-likeness (QED) is 0.739. The van der Waals surface area contributed by atoms with Gasteiger partial charge in [0.05, 0.1) is 6.42 Å². The van der Waals surface area contributed by atoms with Gasteiger partial charge in [0, 0.05) is 38.1 Å². The lowest BCUT2D eigenvalue weighted by Gasteiger charge is -2.33. The van der Waals surface area contributed by atoms with Crippen molar-refractivity contribution in [2.75, 3.05) is 31.1 Å². The molecule has 1 aromatic carbocycles. The highest BCUT2D eigenvalue weighted by molar-refractivity contribution is 5.78. The van der Waals surface area contributed by atoms with Crippen LogP contribution in [0.25, 0.3) is 11.1 Å². The topological polar surface area (TPSA) is 62.5 Å². The third kappa shape index (κ3) is 2.95. The summed E-state index contributed by atoms with van der Waals surface area (Å²) in [6.45, 7) is 2.79. The van der Waals surface area contributed by atoms with Crippen LogP contribution in [0.1, 0.15) is 5.69 Å². The van der Waals surface area contributed by atoms with Gasteiger partial charge in [-0.2, -0.15) is 4.98 Å². The van der Waals surface area contributed by atoms with Crippen molar-refractivity contribution in [3.63, 3.8) is 0 Å². The van der Waals surface area contributed by atoms with Crippen LogP contribution in [0.15, 0.2) is 53.1 Å². The number of para-hydroxylation sites is 2. The molecule has 0 unspecified atom stereocenters. The number of hydrogen-bond acceptors (Lipinski definition) is 5. The third-order valence-corrected chi connectivity index (χ3v) is 4.24. The molecule has 0 aliphatic carbocycles. The molecule has 0 atom stereocenters. The number of nitrogens with zero attached hydrogens (tertiary/aromatic N) is 4. The molecule has 1 aliphatic heterocycles. The molecular formula is C18H18N4O2. The molecule has 3 heterocycles. The van der Waals surface area contributed by atoms with E-state index in [0.717, 1.165) is 29.9 Å². The number of piperazine rings is 1. The monoisotopic (exact) mass is 322 g/mol. The first-order chi connectivity index (χ1) is 11.8. The Morgan fingerprint density at radius 3 is 2.58 bits per heavy atom. The van der Waals surface area contributed by atoms with Crippen LogP contribution in [-0.4, -0.2) is 47.0 Å². The van der Waals surface area contributed by atoms with E-state index in [1.807, 2.05) is 47.4 Å². The summed E-state index contributed by atoms with van der Waals surface area (Å²) >= 11 is 0. The molecule has 0 spiro atoms. The van der Waals surface area contributed by atoms with Gasteiger partial charge in [0.1, 0.15) is 5.52 Å². The fraction of sp³-hybridized carbons (Fsp3) is 0.278. The second kappa shape index (κ2) is 6.31. The van der Waals surface area contributed by atoms with Crippen LogP contribution in [0, 0.1) is 0 Å². The van der Waals surface area contributed by atoms with E-state index in [9.17, 15) is 4.79 Å². The number of fused-ring (bicyclic) bond motifs is 1. The summed E-state index contributed by atoms with van der Waals surface area (Å²) in [5.74, 6) is 0.117. The fourth-order valence-electron chi connectivity index (χ4n) is 2.91. The van der Waals surface area contributed by atoms with E-state index >= 15 is 0 Å². The van der Waals surface area contributed by atoms with Crippen molar-refractivity contribution in [3.05, 3.63) is 54.4 Å². The van der Waals surface area contributed by atoms with Gasteiger partial charge in [-0.1, -0.05) is 18.2 Å². The molecule has 1 saturated heterocycles. The van der Waals surface area contributed by atoms with E-state index < -0.39 is 0 Å². The van der Waals surface area contributed by atoms with Crippen molar-refractivity contribution in [1.29, 1.82) is 0 Å². The maximum absolute atomic E-state index is 12.4. The Hall–Kier alpha value is -2.89. The number of aromatic nitrogens is 2. The highest BCUT2D eigenvalue weighted by Crippen LogP contribution is 2.22. The Morgan fingerprint density at radius 2 is 1.83 bits per heavy atom. The van der Waals surface area contributed by atoms with Gasteiger partial charge in [0.2, 0.25) is 5.91 Å². The molecule has 0 N–H and O–H groups in total. The third-order valence-electron chi connectivity index (χ3n) is 4.24. The average molecular weight is 322 g/mol. The lowest BCUT2D eigenvalue weighted by atomic mass is 10.2. The van der Waals surface area contributed by atoms with Crippen molar-refractivity contribution in [1.82, 2.24) is 14.9 Å². The van der Waals surface area contributed by atoms with Crippen LogP contribution in [0.5, 0.6) is 0 Å². The van der Waals surface area contributed by atoms with Crippen molar-refractivity contribution < 1.29 is 9.21 Å². The Bertz CT molecular complexity index is 805. The van der Waals surface area contributed by atoms with Crippen molar-refractivity contribution in [2.45, 2.75) is 6.42 Å². The molecule has 4 rings (SSSR count). The summed E-state index contributed by atoms with van der Waals surface area (Å²) in [6, 6.07) is 14.0. The van der Waals surface area contributed by atoms with Gasteiger partial charge in [0.25, 0.3) is 6.01 Å². The number of rotatable bonds is 3. The number of carbonyl (C=O) groups is 1. The standard InChI is InChI=1S/C18H18N4O2/c23-17(13-14-5-3-4-8-19-14)21-9-11-22(12-10-21)18-20-15-6-1-2-7-16(15)24-18/h1-8H,9-13H2. The zero-order valence-electron chi connectivity index (χ0n) is 13.3. The first-order valence-corrected chi connectivity index (χ1v) is 8.08. The Morgan fingerprint density at radius 1 is 1.04 bits per heavy atom. The highest BCUT2D eigenvalue weighted by atomic mass is 16.4. The molecule has 1 fully saturated rings. The molecule has 6 heteroatoms. The van der Waals surface area contributed by atoms with Gasteiger partial charge in [-0.05, 0) is 24.3 Å². The molecule has 1 aliphatic rings. The summed E-state index contributed by atoms with van der Waals surface area (Å²) in [7, 11) is 0. The number of carbonyl (C=O) groups excluding carboxylic acids is 1. The van der Waals surface area contributed by atoms with Crippen LogP contribution in [0.3, 0.4) is 0 Å². The summed E-state index contributed by atoms with van der Waals surface area (Å²) in [4.78, 5) is 25.1. The van der Waals surface area contributed by atoms with Crippen LogP contribution in [0.4, 0.5) is 6.01 Å². The van der Waals surface area contributed by atoms with Gasteiger partial charge in [-0.3, -0.25) is 9.78 Å².